The second-order valence-electron chi connectivity index (χ2n) is 6.39. The molecule has 0 aliphatic heterocycles. The Morgan fingerprint density at radius 1 is 0.938 bits per heavy atom. The van der Waals surface area contributed by atoms with Crippen LogP contribution in [-0.2, 0) is 14.8 Å². The lowest BCUT2D eigenvalue weighted by Gasteiger charge is -2.12. The molecule has 7 nitrogen and oxygen atoms in total. The van der Waals surface area contributed by atoms with E-state index in [0.717, 1.165) is 0 Å². The van der Waals surface area contributed by atoms with Crippen LogP contribution in [0, 0.1) is 0 Å². The van der Waals surface area contributed by atoms with E-state index in [-0.39, 0.29) is 22.2 Å². The van der Waals surface area contributed by atoms with Gasteiger partial charge in [-0.2, -0.15) is 0 Å². The Kier molecular flexibility index (Phi) is 7.73. The van der Waals surface area contributed by atoms with Gasteiger partial charge in [0.2, 0.25) is 0 Å². The van der Waals surface area contributed by atoms with Gasteiger partial charge in [0.05, 0.1) is 33.4 Å². The van der Waals surface area contributed by atoms with Crippen LogP contribution in [-0.4, -0.2) is 28.0 Å². The van der Waals surface area contributed by atoms with E-state index < -0.39 is 15.9 Å². The summed E-state index contributed by atoms with van der Waals surface area (Å²) >= 11 is 17.7. The minimum absolute atomic E-state index is 0.00374. The molecule has 0 fully saturated rings. The molecule has 3 aromatic rings. The number of ether oxygens (including phenoxy) is 2. The second kappa shape index (κ2) is 10.3. The molecule has 3 rings (SSSR count). The third-order valence-electron chi connectivity index (χ3n) is 4.11. The van der Waals surface area contributed by atoms with Gasteiger partial charge in [-0.1, -0.05) is 34.8 Å². The van der Waals surface area contributed by atoms with E-state index in [1.54, 1.807) is 18.2 Å². The number of carbonyl (C=O) groups excluding carboxylic acids is 1. The fraction of sp³-hybridized carbons (Fsp3) is 0.0952. The van der Waals surface area contributed by atoms with E-state index in [4.69, 9.17) is 44.3 Å². The highest BCUT2D eigenvalue weighted by molar-refractivity contribution is 7.92. The molecule has 32 heavy (non-hydrogen) atoms. The monoisotopic (exact) mass is 514 g/mol. The maximum absolute atomic E-state index is 12.6. The smallest absolute Gasteiger partial charge is 0.262 e. The number of benzene rings is 3. The first kappa shape index (κ1) is 24.0. The van der Waals surface area contributed by atoms with E-state index in [1.165, 1.54) is 49.6 Å². The molecule has 0 aromatic heterocycles. The first-order valence-corrected chi connectivity index (χ1v) is 11.6. The van der Waals surface area contributed by atoms with Gasteiger partial charge in [-0.25, -0.2) is 8.42 Å². The standard InChI is InChI=1S/C21H17Cl3N2O5S/c1-30-20-9-2-13(22)10-19(20)25-21(27)12-31-15-4-6-16(7-5-15)32(28,29)26-14-3-8-17(23)18(24)11-14/h2-11,26H,12H2,1H3,(H,25,27). The highest BCUT2D eigenvalue weighted by Crippen LogP contribution is 2.28. The fourth-order valence-corrected chi connectivity index (χ4v) is 4.12. The largest absolute Gasteiger partial charge is 0.495 e. The Hall–Kier alpha value is -2.65. The van der Waals surface area contributed by atoms with Gasteiger partial charge in [0.15, 0.2) is 6.61 Å². The molecule has 0 radical (unpaired) electrons. The van der Waals surface area contributed by atoms with E-state index in [1.807, 2.05) is 0 Å². The number of halogens is 3. The quantitative estimate of drug-likeness (QED) is 0.415. The number of sulfonamides is 1. The minimum atomic E-state index is -3.86. The van der Waals surface area contributed by atoms with Crippen molar-refractivity contribution in [2.45, 2.75) is 4.90 Å². The van der Waals surface area contributed by atoms with Gasteiger partial charge in [-0.3, -0.25) is 9.52 Å². The van der Waals surface area contributed by atoms with Gasteiger partial charge in [-0.15, -0.1) is 0 Å². The summed E-state index contributed by atoms with van der Waals surface area (Å²) in [4.78, 5) is 12.2. The van der Waals surface area contributed by atoms with Crippen LogP contribution in [0.25, 0.3) is 0 Å². The minimum Gasteiger partial charge on any atom is -0.495 e. The zero-order chi connectivity index (χ0) is 23.3. The number of carbonyl (C=O) groups is 1. The highest BCUT2D eigenvalue weighted by atomic mass is 35.5. The topological polar surface area (TPSA) is 93.7 Å². The molecular weight excluding hydrogens is 499 g/mol. The number of rotatable bonds is 8. The first-order chi connectivity index (χ1) is 15.2. The van der Waals surface area contributed by atoms with Crippen molar-refractivity contribution < 1.29 is 22.7 Å². The van der Waals surface area contributed by atoms with Crippen LogP contribution in [0.3, 0.4) is 0 Å². The average Bonchev–Trinajstić information content (AvgIpc) is 2.75. The summed E-state index contributed by atoms with van der Waals surface area (Å²) in [5.74, 6) is 0.321. The average molecular weight is 516 g/mol. The van der Waals surface area contributed by atoms with Crippen LogP contribution in [0.1, 0.15) is 0 Å². The molecule has 0 saturated heterocycles. The van der Waals surface area contributed by atoms with Crippen molar-refractivity contribution in [3.63, 3.8) is 0 Å². The summed E-state index contributed by atoms with van der Waals surface area (Å²) in [6.45, 7) is -0.302. The number of anilines is 2. The van der Waals surface area contributed by atoms with Gasteiger partial charge in [0, 0.05) is 5.02 Å². The van der Waals surface area contributed by atoms with E-state index in [0.29, 0.717) is 27.2 Å². The molecule has 0 spiro atoms. The molecule has 0 atom stereocenters. The van der Waals surface area contributed by atoms with Gasteiger partial charge < -0.3 is 14.8 Å². The molecule has 0 aliphatic carbocycles. The Morgan fingerprint density at radius 2 is 1.66 bits per heavy atom. The molecule has 0 heterocycles. The Morgan fingerprint density at radius 3 is 2.31 bits per heavy atom. The molecule has 2 N–H and O–H groups in total. The molecular formula is C21H17Cl3N2O5S. The number of hydrogen-bond donors (Lipinski definition) is 2. The Balaban J connectivity index is 1.61. The van der Waals surface area contributed by atoms with Crippen LogP contribution >= 0.6 is 34.8 Å². The number of methoxy groups -OCH3 is 1. The molecule has 0 aliphatic rings. The third kappa shape index (κ3) is 6.20. The third-order valence-corrected chi connectivity index (χ3v) is 6.48. The lowest BCUT2D eigenvalue weighted by Crippen LogP contribution is -2.20. The lowest BCUT2D eigenvalue weighted by molar-refractivity contribution is -0.118. The van der Waals surface area contributed by atoms with Gasteiger partial charge >= 0.3 is 0 Å². The highest BCUT2D eigenvalue weighted by Gasteiger charge is 2.15. The summed E-state index contributed by atoms with van der Waals surface area (Å²) in [5, 5.41) is 3.62. The van der Waals surface area contributed by atoms with Crippen molar-refractivity contribution in [3.05, 3.63) is 75.7 Å². The Bertz CT molecular complexity index is 1230. The molecule has 3 aromatic carbocycles. The van der Waals surface area contributed by atoms with Crippen molar-refractivity contribution in [1.82, 2.24) is 0 Å². The first-order valence-electron chi connectivity index (χ1n) is 9.02. The SMILES string of the molecule is COc1ccc(Cl)cc1NC(=O)COc1ccc(S(=O)(=O)Nc2ccc(Cl)c(Cl)c2)cc1. The van der Waals surface area contributed by atoms with E-state index in [9.17, 15) is 13.2 Å². The summed E-state index contributed by atoms with van der Waals surface area (Å²) in [6, 6.07) is 14.8. The second-order valence-corrected chi connectivity index (χ2v) is 9.32. The summed E-state index contributed by atoms with van der Waals surface area (Å²) in [5.41, 5.74) is 0.677. The van der Waals surface area contributed by atoms with E-state index >= 15 is 0 Å². The fourth-order valence-electron chi connectivity index (χ4n) is 2.60. The number of hydrogen-bond acceptors (Lipinski definition) is 5. The van der Waals surface area contributed by atoms with Crippen molar-refractivity contribution in [2.24, 2.45) is 0 Å². The molecule has 0 unspecified atom stereocenters. The van der Waals surface area contributed by atoms with Crippen molar-refractivity contribution in [2.75, 3.05) is 23.8 Å². The van der Waals surface area contributed by atoms with Crippen molar-refractivity contribution in [1.29, 1.82) is 0 Å². The maximum Gasteiger partial charge on any atom is 0.262 e. The number of nitrogens with one attached hydrogen (secondary N) is 2. The maximum atomic E-state index is 12.6. The Labute approximate surface area is 200 Å². The molecule has 168 valence electrons. The van der Waals surface area contributed by atoms with Crippen LogP contribution in [0.5, 0.6) is 11.5 Å². The zero-order valence-electron chi connectivity index (χ0n) is 16.6. The summed E-state index contributed by atoms with van der Waals surface area (Å²) in [7, 11) is -2.38. The van der Waals surface area contributed by atoms with E-state index in [2.05, 4.69) is 10.0 Å². The molecule has 1 amide bonds. The molecule has 11 heteroatoms. The number of amides is 1. The van der Waals surface area contributed by atoms with Gasteiger partial charge in [-0.05, 0) is 60.7 Å². The summed E-state index contributed by atoms with van der Waals surface area (Å²) in [6.07, 6.45) is 0. The van der Waals surface area contributed by atoms with Crippen LogP contribution in [0.2, 0.25) is 15.1 Å². The van der Waals surface area contributed by atoms with Crippen LogP contribution in [0.15, 0.2) is 65.6 Å². The van der Waals surface area contributed by atoms with Crippen molar-refractivity contribution in [3.8, 4) is 11.5 Å². The van der Waals surface area contributed by atoms with Crippen molar-refractivity contribution >= 4 is 62.1 Å². The van der Waals surface area contributed by atoms with Crippen LogP contribution < -0.4 is 19.5 Å². The molecule has 0 bridgehead atoms. The lowest BCUT2D eigenvalue weighted by atomic mass is 10.3. The van der Waals surface area contributed by atoms with Gasteiger partial charge in [0.25, 0.3) is 15.9 Å². The predicted octanol–water partition coefficient (Wildman–Crippen LogP) is 5.47. The predicted molar refractivity (Wildman–Crippen MR) is 126 cm³/mol. The summed E-state index contributed by atoms with van der Waals surface area (Å²) < 4.78 is 38.1. The van der Waals surface area contributed by atoms with Gasteiger partial charge in [0.1, 0.15) is 11.5 Å². The van der Waals surface area contributed by atoms with Crippen LogP contribution in [0.4, 0.5) is 11.4 Å². The normalized spacial score (nSPS) is 11.0. The molecule has 0 saturated carbocycles. The zero-order valence-corrected chi connectivity index (χ0v) is 19.6.